The molecule has 0 aliphatic carbocycles. The van der Waals surface area contributed by atoms with E-state index in [2.05, 4.69) is 20.8 Å². The molecule has 0 unspecified atom stereocenters. The molecule has 0 spiro atoms. The van der Waals surface area contributed by atoms with E-state index in [0.29, 0.717) is 37.0 Å². The summed E-state index contributed by atoms with van der Waals surface area (Å²) in [4.78, 5) is 44.6. The van der Waals surface area contributed by atoms with Gasteiger partial charge in [0.05, 0.1) is 22.4 Å². The van der Waals surface area contributed by atoms with Crippen molar-refractivity contribution >= 4 is 46.9 Å². The van der Waals surface area contributed by atoms with Crippen molar-refractivity contribution < 1.29 is 14.4 Å². The van der Waals surface area contributed by atoms with Crippen LogP contribution in [0.1, 0.15) is 55.3 Å². The van der Waals surface area contributed by atoms with Crippen LogP contribution in [-0.4, -0.2) is 75.8 Å². The van der Waals surface area contributed by atoms with E-state index in [9.17, 15) is 14.4 Å². The number of carbonyl (C=O) groups excluding carboxylic acids is 3. The minimum Gasteiger partial charge on any atom is -0.339 e. The Morgan fingerprint density at radius 2 is 1.63 bits per heavy atom. The molecule has 1 fully saturated rings. The Balaban J connectivity index is 1.67. The highest BCUT2D eigenvalue weighted by molar-refractivity contribution is 8.00. The highest BCUT2D eigenvalue weighted by Gasteiger charge is 2.41. The molecule has 5 rings (SSSR count). The molecule has 8 nitrogen and oxygen atoms in total. The Kier molecular flexibility index (Phi) is 8.21. The fourth-order valence-electron chi connectivity index (χ4n) is 5.48. The number of para-hydroxylation sites is 1. The molecule has 2 aliphatic rings. The number of amides is 3. The lowest BCUT2D eigenvalue weighted by atomic mass is 9.87. The summed E-state index contributed by atoms with van der Waals surface area (Å²) in [5.74, 6) is 0.497. The van der Waals surface area contributed by atoms with Crippen LogP contribution in [0.15, 0.2) is 48.5 Å². The van der Waals surface area contributed by atoms with Crippen molar-refractivity contribution in [3.8, 4) is 5.69 Å². The van der Waals surface area contributed by atoms with Gasteiger partial charge in [0.25, 0.3) is 0 Å². The molecular weight excluding hydrogens is 558 g/mol. The highest BCUT2D eigenvalue weighted by atomic mass is 35.5. The molecule has 1 saturated heterocycles. The van der Waals surface area contributed by atoms with Crippen molar-refractivity contribution in [3.05, 3.63) is 75.9 Å². The predicted molar refractivity (Wildman–Crippen MR) is 164 cm³/mol. The standard InChI is InChI=1S/C31H36ClN5O3S/c1-20-10-6-9-13-24(20)37-30-27(29(33-37)31(3,4)5)28(22-11-7-8-12-23(22)32)41-19-26(40)36(30)18-25(39)35-16-14-34(15-17-35)21(2)38/h6-13,28H,14-19H2,1-5H3/t28-/m0/s1. The Labute approximate surface area is 250 Å². The van der Waals surface area contributed by atoms with Crippen LogP contribution in [0.3, 0.4) is 0 Å². The topological polar surface area (TPSA) is 78.8 Å². The summed E-state index contributed by atoms with van der Waals surface area (Å²) in [5, 5.41) is 5.54. The number of carbonyl (C=O) groups is 3. The minimum atomic E-state index is -0.357. The van der Waals surface area contributed by atoms with Crippen molar-refractivity contribution in [2.24, 2.45) is 0 Å². The van der Waals surface area contributed by atoms with Crippen LogP contribution in [-0.2, 0) is 19.8 Å². The van der Waals surface area contributed by atoms with E-state index in [0.717, 1.165) is 28.1 Å². The van der Waals surface area contributed by atoms with E-state index >= 15 is 0 Å². The Bertz CT molecular complexity index is 1490. The van der Waals surface area contributed by atoms with Gasteiger partial charge in [-0.25, -0.2) is 4.68 Å². The van der Waals surface area contributed by atoms with Gasteiger partial charge >= 0.3 is 0 Å². The first-order valence-electron chi connectivity index (χ1n) is 13.9. The van der Waals surface area contributed by atoms with Gasteiger partial charge in [-0.1, -0.05) is 68.8 Å². The maximum atomic E-state index is 13.9. The lowest BCUT2D eigenvalue weighted by Gasteiger charge is -2.35. The van der Waals surface area contributed by atoms with Gasteiger partial charge in [-0.3, -0.25) is 19.3 Å². The van der Waals surface area contributed by atoms with Gasteiger partial charge in [0.15, 0.2) is 0 Å². The number of rotatable bonds is 4. The molecule has 3 aromatic rings. The summed E-state index contributed by atoms with van der Waals surface area (Å²) in [6.07, 6.45) is 0. The van der Waals surface area contributed by atoms with Gasteiger partial charge in [0.2, 0.25) is 17.7 Å². The maximum Gasteiger partial charge on any atom is 0.242 e. The Morgan fingerprint density at radius 3 is 2.27 bits per heavy atom. The first-order chi connectivity index (χ1) is 19.5. The number of halogens is 1. The molecule has 41 heavy (non-hydrogen) atoms. The second kappa shape index (κ2) is 11.5. The van der Waals surface area contributed by atoms with E-state index in [1.165, 1.54) is 11.8 Å². The molecule has 10 heteroatoms. The molecule has 0 N–H and O–H groups in total. The van der Waals surface area contributed by atoms with Gasteiger partial charge in [0.1, 0.15) is 12.4 Å². The van der Waals surface area contributed by atoms with Gasteiger partial charge in [0, 0.05) is 49.1 Å². The van der Waals surface area contributed by atoms with E-state index in [-0.39, 0.29) is 40.7 Å². The number of thioether (sulfide) groups is 1. The first kappa shape index (κ1) is 29.2. The summed E-state index contributed by atoms with van der Waals surface area (Å²) in [5.41, 5.74) is 4.17. The second-order valence-corrected chi connectivity index (χ2v) is 13.1. The van der Waals surface area contributed by atoms with Crippen molar-refractivity contribution in [2.45, 2.75) is 45.3 Å². The smallest absolute Gasteiger partial charge is 0.242 e. The monoisotopic (exact) mass is 593 g/mol. The molecular formula is C31H36ClN5O3S. The largest absolute Gasteiger partial charge is 0.339 e. The Morgan fingerprint density at radius 1 is 1.00 bits per heavy atom. The van der Waals surface area contributed by atoms with Crippen LogP contribution in [0.25, 0.3) is 5.69 Å². The molecule has 0 radical (unpaired) electrons. The van der Waals surface area contributed by atoms with Gasteiger partial charge < -0.3 is 9.80 Å². The quantitative estimate of drug-likeness (QED) is 0.426. The summed E-state index contributed by atoms with van der Waals surface area (Å²) < 4.78 is 1.85. The van der Waals surface area contributed by atoms with Crippen molar-refractivity contribution in [1.29, 1.82) is 0 Å². The fraction of sp³-hybridized carbons (Fsp3) is 0.419. The number of anilines is 1. The van der Waals surface area contributed by atoms with Crippen LogP contribution in [0.2, 0.25) is 5.02 Å². The molecule has 1 atom stereocenters. The average Bonchev–Trinajstić information content (AvgIpc) is 3.27. The van der Waals surface area contributed by atoms with E-state index in [1.807, 2.05) is 60.1 Å². The molecule has 0 saturated carbocycles. The zero-order chi connectivity index (χ0) is 29.5. The normalized spacial score (nSPS) is 17.9. The van der Waals surface area contributed by atoms with E-state index < -0.39 is 0 Å². The van der Waals surface area contributed by atoms with Crippen molar-refractivity contribution in [1.82, 2.24) is 19.6 Å². The molecule has 1 aromatic heterocycles. The van der Waals surface area contributed by atoms with E-state index in [1.54, 1.807) is 21.6 Å². The van der Waals surface area contributed by atoms with Gasteiger partial charge in [-0.05, 0) is 30.2 Å². The SMILES string of the molecule is CC(=O)N1CCN(C(=O)CN2C(=O)CS[C@@H](c3ccccc3Cl)c3c(C(C)(C)C)nn(-c4ccccc4C)c32)CC1. The molecule has 3 amide bonds. The number of piperazine rings is 1. The van der Waals surface area contributed by atoms with Crippen LogP contribution in [0, 0.1) is 6.92 Å². The third kappa shape index (κ3) is 5.75. The highest BCUT2D eigenvalue weighted by Crippen LogP contribution is 2.49. The lowest BCUT2D eigenvalue weighted by molar-refractivity contribution is -0.137. The molecule has 2 aliphatic heterocycles. The van der Waals surface area contributed by atoms with Crippen molar-refractivity contribution in [3.63, 3.8) is 0 Å². The maximum absolute atomic E-state index is 13.9. The number of hydrogen-bond acceptors (Lipinski definition) is 5. The molecule has 2 aromatic carbocycles. The summed E-state index contributed by atoms with van der Waals surface area (Å²) >= 11 is 8.27. The Hall–Kier alpha value is -3.30. The second-order valence-electron chi connectivity index (χ2n) is 11.6. The van der Waals surface area contributed by atoms with Crippen LogP contribution < -0.4 is 4.90 Å². The molecule has 216 valence electrons. The first-order valence-corrected chi connectivity index (χ1v) is 15.3. The van der Waals surface area contributed by atoms with Crippen LogP contribution in [0.5, 0.6) is 0 Å². The molecule has 3 heterocycles. The number of aryl methyl sites for hydroxylation is 1. The van der Waals surface area contributed by atoms with Gasteiger partial charge in [-0.2, -0.15) is 5.10 Å². The number of hydrogen-bond donors (Lipinski definition) is 0. The third-order valence-electron chi connectivity index (χ3n) is 7.70. The summed E-state index contributed by atoms with van der Waals surface area (Å²) in [6.45, 7) is 11.6. The average molecular weight is 594 g/mol. The number of benzene rings is 2. The van der Waals surface area contributed by atoms with Gasteiger partial charge in [-0.15, -0.1) is 11.8 Å². The van der Waals surface area contributed by atoms with Crippen LogP contribution in [0.4, 0.5) is 5.82 Å². The minimum absolute atomic E-state index is 0.00363. The van der Waals surface area contributed by atoms with Crippen molar-refractivity contribution in [2.75, 3.05) is 43.4 Å². The fourth-order valence-corrected chi connectivity index (χ4v) is 7.02. The zero-order valence-electron chi connectivity index (χ0n) is 24.2. The molecule has 0 bridgehead atoms. The van der Waals surface area contributed by atoms with E-state index in [4.69, 9.17) is 16.7 Å². The number of fused-ring (bicyclic) bond motifs is 1. The summed E-state index contributed by atoms with van der Waals surface area (Å²) in [7, 11) is 0. The number of aromatic nitrogens is 2. The zero-order valence-corrected chi connectivity index (χ0v) is 25.8. The predicted octanol–water partition coefficient (Wildman–Crippen LogP) is 4.99. The van der Waals surface area contributed by atoms with Crippen LogP contribution >= 0.6 is 23.4 Å². The lowest BCUT2D eigenvalue weighted by Crippen LogP contribution is -2.53. The number of nitrogens with zero attached hydrogens (tertiary/aromatic N) is 5. The third-order valence-corrected chi connectivity index (χ3v) is 9.28. The summed E-state index contributed by atoms with van der Waals surface area (Å²) in [6, 6.07) is 15.7.